The van der Waals surface area contributed by atoms with Crippen molar-refractivity contribution in [1.82, 2.24) is 9.97 Å². The highest BCUT2D eigenvalue weighted by Gasteiger charge is 2.11. The van der Waals surface area contributed by atoms with E-state index in [2.05, 4.69) is 14.7 Å². The van der Waals surface area contributed by atoms with Crippen molar-refractivity contribution in [2.75, 3.05) is 7.11 Å². The van der Waals surface area contributed by atoms with Gasteiger partial charge in [0.2, 0.25) is 5.95 Å². The number of thiazole rings is 1. The van der Waals surface area contributed by atoms with Crippen molar-refractivity contribution in [2.45, 2.75) is 0 Å². The summed E-state index contributed by atoms with van der Waals surface area (Å²) in [5.41, 5.74) is 0.668. The number of rotatable bonds is 2. The fraction of sp³-hybridized carbons (Fsp3) is 0.100. The Hall–Kier alpha value is -1.82. The van der Waals surface area contributed by atoms with Gasteiger partial charge in [0.05, 0.1) is 13.3 Å². The Labute approximate surface area is 94.7 Å². The monoisotopic (exact) mass is 238 g/mol. The van der Waals surface area contributed by atoms with Crippen LogP contribution in [0.4, 0.5) is 4.39 Å². The van der Waals surface area contributed by atoms with Gasteiger partial charge in [0, 0.05) is 11.8 Å². The van der Waals surface area contributed by atoms with E-state index in [9.17, 15) is 9.18 Å². The van der Waals surface area contributed by atoms with Gasteiger partial charge in [0.15, 0.2) is 0 Å². The summed E-state index contributed by atoms with van der Waals surface area (Å²) in [5.74, 6) is -0.979. The average molecular weight is 238 g/mol. The van der Waals surface area contributed by atoms with Crippen LogP contribution < -0.4 is 0 Å². The molecule has 0 aromatic carbocycles. The Morgan fingerprint density at radius 1 is 1.38 bits per heavy atom. The van der Waals surface area contributed by atoms with Crippen LogP contribution >= 0.6 is 11.3 Å². The lowest BCUT2D eigenvalue weighted by Crippen LogP contribution is -1.96. The van der Waals surface area contributed by atoms with Crippen molar-refractivity contribution in [1.29, 1.82) is 0 Å². The topological polar surface area (TPSA) is 52.1 Å². The molecule has 16 heavy (non-hydrogen) atoms. The summed E-state index contributed by atoms with van der Waals surface area (Å²) in [6, 6.07) is 2.80. The summed E-state index contributed by atoms with van der Waals surface area (Å²) in [7, 11) is 1.31. The van der Waals surface area contributed by atoms with Crippen LogP contribution in [-0.4, -0.2) is 23.0 Å². The van der Waals surface area contributed by atoms with Crippen molar-refractivity contribution < 1.29 is 13.9 Å². The number of hydrogen-bond donors (Lipinski definition) is 0. The van der Waals surface area contributed by atoms with Gasteiger partial charge in [-0.15, -0.1) is 11.3 Å². The molecular formula is C10H7FN2O2S. The molecule has 0 aliphatic heterocycles. The van der Waals surface area contributed by atoms with Gasteiger partial charge in [0.1, 0.15) is 9.88 Å². The molecule has 6 heteroatoms. The number of carbonyl (C=O) groups excluding carboxylic acids is 1. The van der Waals surface area contributed by atoms with E-state index >= 15 is 0 Å². The number of pyridine rings is 1. The molecular weight excluding hydrogens is 231 g/mol. The molecule has 0 fully saturated rings. The normalized spacial score (nSPS) is 10.1. The molecule has 0 radical (unpaired) electrons. The third kappa shape index (κ3) is 2.06. The fourth-order valence-electron chi connectivity index (χ4n) is 1.10. The molecule has 0 saturated heterocycles. The first kappa shape index (κ1) is 10.7. The lowest BCUT2D eigenvalue weighted by atomic mass is 10.3. The Balaban J connectivity index is 2.31. The summed E-state index contributed by atoms with van der Waals surface area (Å²) >= 11 is 1.18. The molecule has 0 N–H and O–H groups in total. The van der Waals surface area contributed by atoms with Gasteiger partial charge in [-0.1, -0.05) is 0 Å². The lowest BCUT2D eigenvalue weighted by Gasteiger charge is -1.94. The van der Waals surface area contributed by atoms with Crippen molar-refractivity contribution in [3.05, 3.63) is 35.4 Å². The van der Waals surface area contributed by atoms with Crippen molar-refractivity contribution in [3.8, 4) is 10.6 Å². The van der Waals surface area contributed by atoms with Gasteiger partial charge >= 0.3 is 5.97 Å². The zero-order chi connectivity index (χ0) is 11.5. The summed E-state index contributed by atoms with van der Waals surface area (Å²) in [6.45, 7) is 0. The SMILES string of the molecule is COC(=O)c1cnc(-c2ccc(F)nc2)s1. The van der Waals surface area contributed by atoms with E-state index in [-0.39, 0.29) is 0 Å². The number of carbonyl (C=O) groups is 1. The summed E-state index contributed by atoms with van der Waals surface area (Å²) < 4.78 is 17.1. The highest BCUT2D eigenvalue weighted by Crippen LogP contribution is 2.24. The molecule has 0 unspecified atom stereocenters. The van der Waals surface area contributed by atoms with E-state index in [0.717, 1.165) is 0 Å². The second kappa shape index (κ2) is 4.36. The van der Waals surface area contributed by atoms with Crippen LogP contribution in [0, 0.1) is 5.95 Å². The van der Waals surface area contributed by atoms with Crippen LogP contribution in [0.25, 0.3) is 10.6 Å². The minimum Gasteiger partial charge on any atom is -0.465 e. The van der Waals surface area contributed by atoms with Crippen molar-refractivity contribution in [2.24, 2.45) is 0 Å². The Morgan fingerprint density at radius 3 is 2.81 bits per heavy atom. The van der Waals surface area contributed by atoms with Gasteiger partial charge in [-0.2, -0.15) is 4.39 Å². The van der Waals surface area contributed by atoms with E-state index in [4.69, 9.17) is 0 Å². The molecule has 0 amide bonds. The molecule has 2 aromatic heterocycles. The Morgan fingerprint density at radius 2 is 2.19 bits per heavy atom. The largest absolute Gasteiger partial charge is 0.465 e. The van der Waals surface area contributed by atoms with E-state index in [1.165, 1.54) is 36.9 Å². The minimum absolute atomic E-state index is 0.404. The number of hydrogen-bond acceptors (Lipinski definition) is 5. The van der Waals surface area contributed by atoms with Gasteiger partial charge in [-0.25, -0.2) is 14.8 Å². The van der Waals surface area contributed by atoms with E-state index in [0.29, 0.717) is 15.4 Å². The number of halogens is 1. The van der Waals surface area contributed by atoms with Crippen molar-refractivity contribution in [3.63, 3.8) is 0 Å². The van der Waals surface area contributed by atoms with Crippen LogP contribution in [0.2, 0.25) is 0 Å². The second-order valence-electron chi connectivity index (χ2n) is 2.89. The van der Waals surface area contributed by atoms with Crippen LogP contribution in [0.5, 0.6) is 0 Å². The van der Waals surface area contributed by atoms with Gasteiger partial charge < -0.3 is 4.74 Å². The first-order valence-electron chi connectivity index (χ1n) is 4.37. The second-order valence-corrected chi connectivity index (χ2v) is 3.92. The standard InChI is InChI=1S/C10H7FN2O2S/c1-15-10(14)7-5-13-9(16-7)6-2-3-8(11)12-4-6/h2-5H,1H3. The summed E-state index contributed by atoms with van der Waals surface area (Å²) in [6.07, 6.45) is 2.80. The first-order chi connectivity index (χ1) is 7.70. The summed E-state index contributed by atoms with van der Waals surface area (Å²) in [5, 5.41) is 0.605. The maximum absolute atomic E-state index is 12.6. The third-order valence-electron chi connectivity index (χ3n) is 1.87. The average Bonchev–Trinajstić information content (AvgIpc) is 2.78. The zero-order valence-electron chi connectivity index (χ0n) is 8.31. The van der Waals surface area contributed by atoms with Gasteiger partial charge in [-0.3, -0.25) is 0 Å². The molecule has 82 valence electrons. The molecule has 0 atom stereocenters. The maximum Gasteiger partial charge on any atom is 0.349 e. The molecule has 0 bridgehead atoms. The number of nitrogens with zero attached hydrogens (tertiary/aromatic N) is 2. The zero-order valence-corrected chi connectivity index (χ0v) is 9.12. The van der Waals surface area contributed by atoms with Crippen LogP contribution in [0.15, 0.2) is 24.5 Å². The highest BCUT2D eigenvalue weighted by molar-refractivity contribution is 7.16. The molecule has 0 spiro atoms. The van der Waals surface area contributed by atoms with Crippen LogP contribution in [0.1, 0.15) is 9.67 Å². The predicted molar refractivity (Wildman–Crippen MR) is 56.6 cm³/mol. The molecule has 0 saturated carbocycles. The van der Waals surface area contributed by atoms with Crippen LogP contribution in [0.3, 0.4) is 0 Å². The van der Waals surface area contributed by atoms with E-state index in [1.807, 2.05) is 0 Å². The molecule has 4 nitrogen and oxygen atoms in total. The highest BCUT2D eigenvalue weighted by atomic mass is 32.1. The number of ether oxygens (including phenoxy) is 1. The Bertz CT molecular complexity index is 510. The quantitative estimate of drug-likeness (QED) is 0.594. The van der Waals surface area contributed by atoms with Crippen molar-refractivity contribution >= 4 is 17.3 Å². The van der Waals surface area contributed by atoms with Gasteiger partial charge in [-0.05, 0) is 12.1 Å². The van der Waals surface area contributed by atoms with Gasteiger partial charge in [0.25, 0.3) is 0 Å². The minimum atomic E-state index is -0.548. The third-order valence-corrected chi connectivity index (χ3v) is 2.89. The van der Waals surface area contributed by atoms with Crippen LogP contribution in [-0.2, 0) is 4.74 Å². The molecule has 0 aliphatic rings. The fourth-order valence-corrected chi connectivity index (χ4v) is 1.93. The molecule has 0 aliphatic carbocycles. The lowest BCUT2D eigenvalue weighted by molar-refractivity contribution is 0.0606. The van der Waals surface area contributed by atoms with E-state index < -0.39 is 11.9 Å². The molecule has 2 aromatic rings. The molecule has 2 rings (SSSR count). The molecule has 2 heterocycles. The van der Waals surface area contributed by atoms with E-state index in [1.54, 1.807) is 6.07 Å². The first-order valence-corrected chi connectivity index (χ1v) is 5.18. The summed E-state index contributed by atoms with van der Waals surface area (Å²) in [4.78, 5) is 19.1. The predicted octanol–water partition coefficient (Wildman–Crippen LogP) is 2.13. The smallest absolute Gasteiger partial charge is 0.349 e. The number of aromatic nitrogens is 2. The number of methoxy groups -OCH3 is 1. The number of esters is 1. The maximum atomic E-state index is 12.6. The Kier molecular flexibility index (Phi) is 2.91.